The first-order valence-electron chi connectivity index (χ1n) is 7.76. The first-order chi connectivity index (χ1) is 12.9. The number of carbonyl (C=O) groups excluding carboxylic acids is 2. The van der Waals surface area contributed by atoms with Crippen molar-refractivity contribution in [2.24, 2.45) is 0 Å². The third kappa shape index (κ3) is 4.73. The first-order valence-corrected chi connectivity index (χ1v) is 8.64. The van der Waals surface area contributed by atoms with Crippen LogP contribution >= 0.6 is 11.3 Å². The van der Waals surface area contributed by atoms with Crippen LogP contribution in [0.2, 0.25) is 0 Å². The molecule has 3 aromatic rings. The van der Waals surface area contributed by atoms with Crippen molar-refractivity contribution in [2.75, 3.05) is 11.9 Å². The van der Waals surface area contributed by atoms with Crippen LogP contribution in [0, 0.1) is 11.6 Å². The van der Waals surface area contributed by atoms with Crippen molar-refractivity contribution in [2.45, 2.75) is 13.0 Å². The first kappa shape index (κ1) is 18.6. The number of thiophene rings is 1. The van der Waals surface area contributed by atoms with Crippen LogP contribution in [0.15, 0.2) is 40.8 Å². The van der Waals surface area contributed by atoms with Crippen molar-refractivity contribution in [3.8, 4) is 0 Å². The largest absolute Gasteiger partial charge is 0.456 e. The van der Waals surface area contributed by atoms with E-state index in [1.165, 1.54) is 22.2 Å². The Balaban J connectivity index is 1.49. The van der Waals surface area contributed by atoms with Gasteiger partial charge >= 0.3 is 5.97 Å². The second-order valence-electron chi connectivity index (χ2n) is 5.50. The van der Waals surface area contributed by atoms with Gasteiger partial charge in [-0.25, -0.2) is 13.8 Å². The maximum absolute atomic E-state index is 13.1. The van der Waals surface area contributed by atoms with Gasteiger partial charge in [0.25, 0.3) is 11.5 Å². The topological polar surface area (TPSA) is 90.3 Å². The maximum Gasteiger partial charge on any atom is 0.308 e. The fourth-order valence-corrected chi connectivity index (χ4v) is 3.03. The highest BCUT2D eigenvalue weighted by Crippen LogP contribution is 2.14. The summed E-state index contributed by atoms with van der Waals surface area (Å²) in [5.74, 6) is -3.13. The number of rotatable bonds is 6. The number of carbonyl (C=O) groups is 2. The van der Waals surface area contributed by atoms with E-state index in [9.17, 15) is 23.2 Å². The number of nitrogens with zero attached hydrogens (tertiary/aromatic N) is 2. The highest BCUT2D eigenvalue weighted by molar-refractivity contribution is 7.16. The van der Waals surface area contributed by atoms with E-state index in [1.54, 1.807) is 11.4 Å². The van der Waals surface area contributed by atoms with E-state index < -0.39 is 30.1 Å². The number of hydrogen-bond acceptors (Lipinski definition) is 6. The summed E-state index contributed by atoms with van der Waals surface area (Å²) in [6.07, 6.45) is 1.21. The molecular weight excluding hydrogens is 380 g/mol. The summed E-state index contributed by atoms with van der Waals surface area (Å²) in [5.41, 5.74) is -0.352. The molecule has 0 aliphatic carbocycles. The molecule has 0 unspecified atom stereocenters. The SMILES string of the molecule is O=C(COC(=O)CCn1cnc2sccc2c1=O)Nc1cc(F)cc(F)c1. The number of aromatic nitrogens is 2. The van der Waals surface area contributed by atoms with Crippen molar-refractivity contribution < 1.29 is 23.1 Å². The average molecular weight is 393 g/mol. The van der Waals surface area contributed by atoms with Crippen molar-refractivity contribution in [1.82, 2.24) is 9.55 Å². The lowest BCUT2D eigenvalue weighted by molar-refractivity contribution is -0.147. The lowest BCUT2D eigenvalue weighted by Crippen LogP contribution is -2.24. The minimum absolute atomic E-state index is 0.0488. The number of hydrogen-bond donors (Lipinski definition) is 1. The lowest BCUT2D eigenvalue weighted by Gasteiger charge is -2.08. The Morgan fingerprint density at radius 3 is 2.70 bits per heavy atom. The predicted molar refractivity (Wildman–Crippen MR) is 94.4 cm³/mol. The van der Waals surface area contributed by atoms with Crippen molar-refractivity contribution in [3.63, 3.8) is 0 Å². The molecule has 2 heterocycles. The van der Waals surface area contributed by atoms with Crippen LogP contribution < -0.4 is 10.9 Å². The second kappa shape index (κ2) is 8.04. The molecule has 0 saturated carbocycles. The van der Waals surface area contributed by atoms with Gasteiger partial charge in [-0.05, 0) is 23.6 Å². The Kier molecular flexibility index (Phi) is 5.55. The predicted octanol–water partition coefficient (Wildman–Crippen LogP) is 2.31. The Hall–Kier alpha value is -3.14. The van der Waals surface area contributed by atoms with E-state index >= 15 is 0 Å². The molecule has 27 heavy (non-hydrogen) atoms. The van der Waals surface area contributed by atoms with Crippen LogP contribution in [0.25, 0.3) is 10.2 Å². The van der Waals surface area contributed by atoms with E-state index in [4.69, 9.17) is 4.74 Å². The minimum atomic E-state index is -0.844. The number of nitrogens with one attached hydrogen (secondary N) is 1. The quantitative estimate of drug-likeness (QED) is 0.649. The highest BCUT2D eigenvalue weighted by atomic mass is 32.1. The summed E-state index contributed by atoms with van der Waals surface area (Å²) in [5, 5.41) is 4.44. The zero-order chi connectivity index (χ0) is 19.4. The number of amides is 1. The summed E-state index contributed by atoms with van der Waals surface area (Å²) in [4.78, 5) is 40.4. The number of fused-ring (bicyclic) bond motifs is 1. The third-order valence-corrected chi connectivity index (χ3v) is 4.34. The van der Waals surface area contributed by atoms with Crippen LogP contribution in [-0.4, -0.2) is 28.0 Å². The number of esters is 1. The molecule has 0 bridgehead atoms. The number of aryl methyl sites for hydroxylation is 1. The lowest BCUT2D eigenvalue weighted by atomic mass is 10.3. The summed E-state index contributed by atoms with van der Waals surface area (Å²) in [6, 6.07) is 4.19. The standard InChI is InChI=1S/C17H13F2N3O4S/c18-10-5-11(19)7-12(6-10)21-14(23)8-26-15(24)1-3-22-9-20-16-13(17(22)25)2-4-27-16/h2,4-7,9H,1,3,8H2,(H,21,23). The molecule has 3 rings (SSSR count). The number of ether oxygens (including phenoxy) is 1. The van der Waals surface area contributed by atoms with Crippen LogP contribution in [-0.2, 0) is 20.9 Å². The summed E-state index contributed by atoms with van der Waals surface area (Å²) in [7, 11) is 0. The van der Waals surface area contributed by atoms with Gasteiger partial charge in [-0.1, -0.05) is 0 Å². The fraction of sp³-hybridized carbons (Fsp3) is 0.176. The van der Waals surface area contributed by atoms with Gasteiger partial charge < -0.3 is 10.1 Å². The van der Waals surface area contributed by atoms with Gasteiger partial charge in [0.1, 0.15) is 16.5 Å². The average Bonchev–Trinajstić information content (AvgIpc) is 3.08. The Morgan fingerprint density at radius 2 is 1.96 bits per heavy atom. The van der Waals surface area contributed by atoms with Crippen molar-refractivity contribution >= 4 is 39.1 Å². The van der Waals surface area contributed by atoms with Gasteiger partial charge in [0.05, 0.1) is 18.1 Å². The molecule has 1 N–H and O–H groups in total. The van der Waals surface area contributed by atoms with E-state index in [2.05, 4.69) is 10.3 Å². The van der Waals surface area contributed by atoms with E-state index in [-0.39, 0.29) is 24.2 Å². The Morgan fingerprint density at radius 1 is 1.22 bits per heavy atom. The van der Waals surface area contributed by atoms with Gasteiger partial charge in [0, 0.05) is 18.3 Å². The Labute approximate surface area is 155 Å². The van der Waals surface area contributed by atoms with Gasteiger partial charge in [0.2, 0.25) is 0 Å². The molecule has 0 radical (unpaired) electrons. The molecule has 2 aromatic heterocycles. The highest BCUT2D eigenvalue weighted by Gasteiger charge is 2.11. The number of benzene rings is 1. The normalized spacial score (nSPS) is 10.7. The molecular formula is C17H13F2N3O4S. The van der Waals surface area contributed by atoms with Gasteiger partial charge in [-0.15, -0.1) is 11.3 Å². The van der Waals surface area contributed by atoms with Crippen LogP contribution in [0.5, 0.6) is 0 Å². The molecule has 140 valence electrons. The smallest absolute Gasteiger partial charge is 0.308 e. The molecule has 0 atom stereocenters. The summed E-state index contributed by atoms with van der Waals surface area (Å²) >= 11 is 1.34. The zero-order valence-electron chi connectivity index (χ0n) is 13.8. The molecule has 1 aromatic carbocycles. The summed E-state index contributed by atoms with van der Waals surface area (Å²) < 4.78 is 32.2. The molecule has 0 saturated heterocycles. The molecule has 0 fully saturated rings. The van der Waals surface area contributed by atoms with Gasteiger partial charge in [-0.2, -0.15) is 0 Å². The maximum atomic E-state index is 13.1. The van der Waals surface area contributed by atoms with Gasteiger partial charge in [-0.3, -0.25) is 19.0 Å². The van der Waals surface area contributed by atoms with Crippen LogP contribution in [0.4, 0.5) is 14.5 Å². The third-order valence-electron chi connectivity index (χ3n) is 3.52. The van der Waals surface area contributed by atoms with Crippen LogP contribution in [0.1, 0.15) is 6.42 Å². The second-order valence-corrected chi connectivity index (χ2v) is 6.39. The molecule has 10 heteroatoms. The van der Waals surface area contributed by atoms with E-state index in [1.807, 2.05) is 0 Å². The van der Waals surface area contributed by atoms with Crippen LogP contribution in [0.3, 0.4) is 0 Å². The van der Waals surface area contributed by atoms with E-state index in [0.29, 0.717) is 16.3 Å². The van der Waals surface area contributed by atoms with Crippen molar-refractivity contribution in [3.05, 3.63) is 58.0 Å². The summed E-state index contributed by atoms with van der Waals surface area (Å²) in [6.45, 7) is -0.569. The monoisotopic (exact) mass is 393 g/mol. The molecule has 1 amide bonds. The molecule has 0 aliphatic rings. The number of anilines is 1. The Bertz CT molecular complexity index is 1040. The number of halogens is 2. The molecule has 0 aliphatic heterocycles. The minimum Gasteiger partial charge on any atom is -0.456 e. The van der Waals surface area contributed by atoms with E-state index in [0.717, 1.165) is 12.1 Å². The van der Waals surface area contributed by atoms with Crippen molar-refractivity contribution in [1.29, 1.82) is 0 Å². The fourth-order valence-electron chi connectivity index (χ4n) is 2.31. The molecule has 7 nitrogen and oxygen atoms in total. The van der Waals surface area contributed by atoms with Gasteiger partial charge in [0.15, 0.2) is 6.61 Å². The zero-order valence-corrected chi connectivity index (χ0v) is 14.6. The molecule has 0 spiro atoms.